The second-order valence-electron chi connectivity index (χ2n) is 5.27. The standard InChI is InChI=1S/C15H21NO4/c1-10-7-16(9-12(10)15(17)18)8-11-5-4-6-13(19-2)14(11)20-3/h4-6,10,12H,7-9H2,1-3H3,(H,17,18)/t10-,12-/m1/s1. The summed E-state index contributed by atoms with van der Waals surface area (Å²) in [6.07, 6.45) is 0. The summed E-state index contributed by atoms with van der Waals surface area (Å²) in [5, 5.41) is 9.18. The Morgan fingerprint density at radius 3 is 2.65 bits per heavy atom. The second-order valence-corrected chi connectivity index (χ2v) is 5.27. The molecule has 0 saturated carbocycles. The molecule has 0 bridgehead atoms. The van der Waals surface area contributed by atoms with Crippen LogP contribution in [0.5, 0.6) is 11.5 Å². The summed E-state index contributed by atoms with van der Waals surface area (Å²) in [5.74, 6) is 0.599. The summed E-state index contributed by atoms with van der Waals surface area (Å²) in [6.45, 7) is 4.03. The van der Waals surface area contributed by atoms with Crippen LogP contribution in [0.3, 0.4) is 0 Å². The zero-order valence-electron chi connectivity index (χ0n) is 12.1. The van der Waals surface area contributed by atoms with Gasteiger partial charge in [-0.3, -0.25) is 9.69 Å². The molecule has 20 heavy (non-hydrogen) atoms. The highest BCUT2D eigenvalue weighted by atomic mass is 16.5. The molecule has 1 heterocycles. The predicted molar refractivity (Wildman–Crippen MR) is 75.1 cm³/mol. The molecule has 1 aliphatic heterocycles. The van der Waals surface area contributed by atoms with Crippen LogP contribution in [0.4, 0.5) is 0 Å². The Kier molecular flexibility index (Phi) is 4.49. The van der Waals surface area contributed by atoms with Crippen molar-refractivity contribution in [3.8, 4) is 11.5 Å². The number of para-hydroxylation sites is 1. The Hall–Kier alpha value is -1.75. The van der Waals surface area contributed by atoms with E-state index in [0.29, 0.717) is 18.8 Å². The molecule has 110 valence electrons. The number of carboxylic acid groups (broad SMARTS) is 1. The maximum atomic E-state index is 11.2. The minimum absolute atomic E-state index is 0.170. The number of carboxylic acids is 1. The lowest BCUT2D eigenvalue weighted by atomic mass is 9.99. The van der Waals surface area contributed by atoms with Crippen molar-refractivity contribution >= 4 is 5.97 Å². The number of aliphatic carboxylic acids is 1. The van der Waals surface area contributed by atoms with Gasteiger partial charge in [0.2, 0.25) is 0 Å². The van der Waals surface area contributed by atoms with Crippen LogP contribution in [0.15, 0.2) is 18.2 Å². The van der Waals surface area contributed by atoms with E-state index < -0.39 is 5.97 Å². The van der Waals surface area contributed by atoms with E-state index in [1.165, 1.54) is 0 Å². The molecule has 5 heteroatoms. The van der Waals surface area contributed by atoms with Gasteiger partial charge < -0.3 is 14.6 Å². The van der Waals surface area contributed by atoms with Gasteiger partial charge in [0, 0.05) is 25.2 Å². The summed E-state index contributed by atoms with van der Waals surface area (Å²) in [5.41, 5.74) is 1.02. The smallest absolute Gasteiger partial charge is 0.308 e. The van der Waals surface area contributed by atoms with Crippen molar-refractivity contribution in [3.05, 3.63) is 23.8 Å². The van der Waals surface area contributed by atoms with Crippen LogP contribution in [0.2, 0.25) is 0 Å². The van der Waals surface area contributed by atoms with E-state index in [-0.39, 0.29) is 11.8 Å². The third kappa shape index (κ3) is 2.88. The van der Waals surface area contributed by atoms with Crippen LogP contribution in [-0.2, 0) is 11.3 Å². The molecule has 0 aromatic heterocycles. The first kappa shape index (κ1) is 14.7. The van der Waals surface area contributed by atoms with Crippen LogP contribution in [0.1, 0.15) is 12.5 Å². The maximum Gasteiger partial charge on any atom is 0.308 e. The van der Waals surface area contributed by atoms with Gasteiger partial charge in [-0.05, 0) is 12.0 Å². The third-order valence-corrected chi connectivity index (χ3v) is 3.88. The summed E-state index contributed by atoms with van der Waals surface area (Å²) < 4.78 is 10.7. The Bertz CT molecular complexity index is 489. The number of hydrogen-bond acceptors (Lipinski definition) is 4. The van der Waals surface area contributed by atoms with Gasteiger partial charge in [-0.2, -0.15) is 0 Å². The van der Waals surface area contributed by atoms with Crippen LogP contribution < -0.4 is 9.47 Å². The van der Waals surface area contributed by atoms with Crippen molar-refractivity contribution in [2.75, 3.05) is 27.3 Å². The molecule has 0 aliphatic carbocycles. The van der Waals surface area contributed by atoms with Gasteiger partial charge in [-0.1, -0.05) is 19.1 Å². The maximum absolute atomic E-state index is 11.2. The highest BCUT2D eigenvalue weighted by Crippen LogP contribution is 2.33. The second kappa shape index (κ2) is 6.13. The molecule has 0 amide bonds. The van der Waals surface area contributed by atoms with Crippen molar-refractivity contribution in [3.63, 3.8) is 0 Å². The zero-order chi connectivity index (χ0) is 14.7. The number of hydrogen-bond donors (Lipinski definition) is 1. The van der Waals surface area contributed by atoms with Crippen molar-refractivity contribution < 1.29 is 19.4 Å². The molecule has 1 N–H and O–H groups in total. The fourth-order valence-electron chi connectivity index (χ4n) is 2.84. The average Bonchev–Trinajstić information content (AvgIpc) is 2.79. The molecule has 1 fully saturated rings. The van der Waals surface area contributed by atoms with E-state index in [9.17, 15) is 9.90 Å². The third-order valence-electron chi connectivity index (χ3n) is 3.88. The van der Waals surface area contributed by atoms with Crippen LogP contribution >= 0.6 is 0 Å². The van der Waals surface area contributed by atoms with Crippen molar-refractivity contribution in [2.45, 2.75) is 13.5 Å². The van der Waals surface area contributed by atoms with Crippen molar-refractivity contribution in [1.82, 2.24) is 4.90 Å². The molecular weight excluding hydrogens is 258 g/mol. The van der Waals surface area contributed by atoms with E-state index in [4.69, 9.17) is 9.47 Å². The van der Waals surface area contributed by atoms with Gasteiger partial charge >= 0.3 is 5.97 Å². The topological polar surface area (TPSA) is 59.0 Å². The summed E-state index contributed by atoms with van der Waals surface area (Å²) in [6, 6.07) is 5.76. The number of nitrogens with zero attached hydrogens (tertiary/aromatic N) is 1. The highest BCUT2D eigenvalue weighted by molar-refractivity contribution is 5.71. The summed E-state index contributed by atoms with van der Waals surface area (Å²) in [4.78, 5) is 13.3. The van der Waals surface area contributed by atoms with Crippen molar-refractivity contribution in [1.29, 1.82) is 0 Å². The number of rotatable bonds is 5. The average molecular weight is 279 g/mol. The van der Waals surface area contributed by atoms with Gasteiger partial charge in [0.05, 0.1) is 20.1 Å². The van der Waals surface area contributed by atoms with Gasteiger partial charge in [0.15, 0.2) is 11.5 Å². The molecule has 2 rings (SSSR count). The van der Waals surface area contributed by atoms with Gasteiger partial charge in [0.25, 0.3) is 0 Å². The zero-order valence-corrected chi connectivity index (χ0v) is 12.1. The molecule has 2 atom stereocenters. The van der Waals surface area contributed by atoms with E-state index in [1.807, 2.05) is 25.1 Å². The number of likely N-dealkylation sites (tertiary alicyclic amines) is 1. The lowest BCUT2D eigenvalue weighted by molar-refractivity contribution is -0.142. The minimum atomic E-state index is -0.711. The fraction of sp³-hybridized carbons (Fsp3) is 0.533. The first-order valence-electron chi connectivity index (χ1n) is 6.71. The van der Waals surface area contributed by atoms with Gasteiger partial charge in [-0.25, -0.2) is 0 Å². The highest BCUT2D eigenvalue weighted by Gasteiger charge is 2.34. The molecular formula is C15H21NO4. The van der Waals surface area contributed by atoms with E-state index in [2.05, 4.69) is 4.90 Å². The molecule has 1 saturated heterocycles. The van der Waals surface area contributed by atoms with E-state index in [0.717, 1.165) is 17.9 Å². The largest absolute Gasteiger partial charge is 0.493 e. The summed E-state index contributed by atoms with van der Waals surface area (Å²) in [7, 11) is 3.23. The Balaban J connectivity index is 2.13. The van der Waals surface area contributed by atoms with Crippen LogP contribution in [0, 0.1) is 11.8 Å². The first-order valence-corrected chi connectivity index (χ1v) is 6.71. The molecule has 1 aromatic carbocycles. The summed E-state index contributed by atoms with van der Waals surface area (Å²) >= 11 is 0. The molecule has 0 unspecified atom stereocenters. The van der Waals surface area contributed by atoms with Gasteiger partial charge in [0.1, 0.15) is 0 Å². The lowest BCUT2D eigenvalue weighted by Crippen LogP contribution is -2.23. The Labute approximate surface area is 119 Å². The number of methoxy groups -OCH3 is 2. The normalized spacial score (nSPS) is 22.8. The van der Waals surface area contributed by atoms with Crippen LogP contribution in [-0.4, -0.2) is 43.3 Å². The monoisotopic (exact) mass is 279 g/mol. The molecule has 0 radical (unpaired) electrons. The van der Waals surface area contributed by atoms with E-state index >= 15 is 0 Å². The molecule has 1 aromatic rings. The number of benzene rings is 1. The quantitative estimate of drug-likeness (QED) is 0.891. The Morgan fingerprint density at radius 2 is 2.10 bits per heavy atom. The van der Waals surface area contributed by atoms with Crippen LogP contribution in [0.25, 0.3) is 0 Å². The molecule has 1 aliphatic rings. The lowest BCUT2D eigenvalue weighted by Gasteiger charge is -2.18. The number of carbonyl (C=O) groups is 1. The minimum Gasteiger partial charge on any atom is -0.493 e. The Morgan fingerprint density at radius 1 is 1.35 bits per heavy atom. The van der Waals surface area contributed by atoms with Gasteiger partial charge in [-0.15, -0.1) is 0 Å². The predicted octanol–water partition coefficient (Wildman–Crippen LogP) is 1.86. The SMILES string of the molecule is COc1cccc(CN2C[C@@H](C)[C@H](C(=O)O)C2)c1OC. The molecule has 5 nitrogen and oxygen atoms in total. The molecule has 0 spiro atoms. The fourth-order valence-corrected chi connectivity index (χ4v) is 2.84. The van der Waals surface area contributed by atoms with Crippen molar-refractivity contribution in [2.24, 2.45) is 11.8 Å². The first-order chi connectivity index (χ1) is 9.56. The number of ether oxygens (including phenoxy) is 2. The van der Waals surface area contributed by atoms with E-state index in [1.54, 1.807) is 14.2 Å².